The van der Waals surface area contributed by atoms with Crippen molar-refractivity contribution in [1.82, 2.24) is 0 Å². The van der Waals surface area contributed by atoms with Crippen LogP contribution in [0.15, 0.2) is 60.7 Å². The van der Waals surface area contributed by atoms with Gasteiger partial charge >= 0.3 is 0 Å². The van der Waals surface area contributed by atoms with Crippen molar-refractivity contribution in [2.75, 3.05) is 0 Å². The average molecular weight is 413 g/mol. The summed E-state index contributed by atoms with van der Waals surface area (Å²) in [5.74, 6) is 0.354. The third-order valence-corrected chi connectivity index (χ3v) is 6.54. The number of allylic oxidation sites excluding steroid dienone is 4. The van der Waals surface area contributed by atoms with E-state index in [0.717, 1.165) is 52.7 Å². The average Bonchev–Trinajstić information content (AvgIpc) is 3.29. The van der Waals surface area contributed by atoms with Gasteiger partial charge < -0.3 is 0 Å². The van der Waals surface area contributed by atoms with E-state index in [4.69, 9.17) is 0 Å². The van der Waals surface area contributed by atoms with Gasteiger partial charge in [-0.05, 0) is 59.1 Å². The van der Waals surface area contributed by atoms with E-state index in [1.165, 1.54) is 0 Å². The van der Waals surface area contributed by atoms with Crippen molar-refractivity contribution in [3.05, 3.63) is 82.9 Å². The zero-order valence-electron chi connectivity index (χ0n) is 18.2. The maximum absolute atomic E-state index is 13.2. The molecule has 0 saturated carbocycles. The van der Waals surface area contributed by atoms with Crippen LogP contribution in [0.5, 0.6) is 0 Å². The molecule has 0 aliphatic heterocycles. The maximum atomic E-state index is 13.2. The van der Waals surface area contributed by atoms with Crippen LogP contribution in [-0.2, 0) is 4.79 Å². The lowest BCUT2D eigenvalue weighted by Gasteiger charge is -2.21. The van der Waals surface area contributed by atoms with Crippen molar-refractivity contribution < 1.29 is 14.4 Å². The number of carbonyl (C=O) groups excluding carboxylic acids is 3. The van der Waals surface area contributed by atoms with Gasteiger partial charge in [0, 0.05) is 24.0 Å². The van der Waals surface area contributed by atoms with Gasteiger partial charge in [-0.3, -0.25) is 14.4 Å². The maximum Gasteiger partial charge on any atom is 0.186 e. The fourth-order valence-corrected chi connectivity index (χ4v) is 4.99. The van der Waals surface area contributed by atoms with E-state index >= 15 is 0 Å². The van der Waals surface area contributed by atoms with Crippen LogP contribution in [0.4, 0.5) is 0 Å². The van der Waals surface area contributed by atoms with Crippen LogP contribution in [0.2, 0.25) is 0 Å². The Hall–Kier alpha value is -3.07. The minimum absolute atomic E-state index is 0.0339. The number of carbonyl (C=O) groups is 3. The first-order chi connectivity index (χ1) is 15.0. The second-order valence-electron chi connectivity index (χ2n) is 8.56. The SMILES string of the molecule is CCCC(CC(=O)CC(CC)C1=CC(=O)c2ccccc21)C1=CC(=O)c2ccccc21. The van der Waals surface area contributed by atoms with Crippen molar-refractivity contribution >= 4 is 28.5 Å². The zero-order chi connectivity index (χ0) is 22.0. The van der Waals surface area contributed by atoms with Gasteiger partial charge in [0.2, 0.25) is 0 Å². The first-order valence-corrected chi connectivity index (χ1v) is 11.3. The van der Waals surface area contributed by atoms with Crippen LogP contribution in [0.3, 0.4) is 0 Å². The number of rotatable bonds is 9. The number of Topliss-reactive ketones (excluding diaryl/α,β-unsaturated/α-hetero) is 1. The second-order valence-corrected chi connectivity index (χ2v) is 8.56. The third kappa shape index (κ3) is 4.10. The fourth-order valence-electron chi connectivity index (χ4n) is 4.99. The lowest BCUT2D eigenvalue weighted by molar-refractivity contribution is -0.120. The number of ketones is 3. The molecule has 3 heteroatoms. The molecule has 0 fully saturated rings. The van der Waals surface area contributed by atoms with Gasteiger partial charge in [-0.2, -0.15) is 0 Å². The Morgan fingerprint density at radius 3 is 1.65 bits per heavy atom. The van der Waals surface area contributed by atoms with Crippen LogP contribution < -0.4 is 0 Å². The van der Waals surface area contributed by atoms with Crippen LogP contribution in [0.1, 0.15) is 77.8 Å². The summed E-state index contributed by atoms with van der Waals surface area (Å²) in [6.07, 6.45) is 6.93. The molecule has 158 valence electrons. The predicted molar refractivity (Wildman–Crippen MR) is 124 cm³/mol. The number of benzene rings is 2. The quantitative estimate of drug-likeness (QED) is 0.483. The van der Waals surface area contributed by atoms with Gasteiger partial charge in [0.15, 0.2) is 11.6 Å². The summed E-state index contributed by atoms with van der Waals surface area (Å²) < 4.78 is 0. The molecule has 2 aromatic rings. The Labute approximate surface area is 183 Å². The van der Waals surface area contributed by atoms with Crippen molar-refractivity contribution in [1.29, 1.82) is 0 Å². The topological polar surface area (TPSA) is 51.2 Å². The number of fused-ring (bicyclic) bond motifs is 2. The Balaban J connectivity index is 1.52. The van der Waals surface area contributed by atoms with E-state index in [1.807, 2.05) is 48.5 Å². The van der Waals surface area contributed by atoms with E-state index in [9.17, 15) is 14.4 Å². The smallest absolute Gasteiger partial charge is 0.186 e. The Bertz CT molecular complexity index is 1100. The minimum atomic E-state index is 0.0339. The van der Waals surface area contributed by atoms with Gasteiger partial charge in [0.25, 0.3) is 0 Å². The Kier molecular flexibility index (Phi) is 6.13. The Morgan fingerprint density at radius 2 is 1.16 bits per heavy atom. The molecule has 2 unspecified atom stereocenters. The van der Waals surface area contributed by atoms with Crippen molar-refractivity contribution in [3.8, 4) is 0 Å². The summed E-state index contributed by atoms with van der Waals surface area (Å²) >= 11 is 0. The number of hydrogen-bond acceptors (Lipinski definition) is 3. The van der Waals surface area contributed by atoms with E-state index < -0.39 is 0 Å². The Morgan fingerprint density at radius 1 is 0.710 bits per heavy atom. The molecule has 0 heterocycles. The lowest BCUT2D eigenvalue weighted by Crippen LogP contribution is -2.14. The highest BCUT2D eigenvalue weighted by Crippen LogP contribution is 2.39. The van der Waals surface area contributed by atoms with E-state index in [0.29, 0.717) is 12.8 Å². The van der Waals surface area contributed by atoms with Gasteiger partial charge in [-0.15, -0.1) is 0 Å². The zero-order valence-corrected chi connectivity index (χ0v) is 18.2. The van der Waals surface area contributed by atoms with E-state index in [1.54, 1.807) is 12.2 Å². The van der Waals surface area contributed by atoms with Crippen molar-refractivity contribution in [2.45, 2.75) is 46.0 Å². The molecule has 0 amide bonds. The molecular formula is C28H28O3. The second kappa shape index (κ2) is 8.97. The highest BCUT2D eigenvalue weighted by Gasteiger charge is 2.30. The molecule has 0 saturated heterocycles. The van der Waals surface area contributed by atoms with Crippen LogP contribution in [0, 0.1) is 11.8 Å². The fraction of sp³-hybridized carbons (Fsp3) is 0.321. The van der Waals surface area contributed by atoms with Gasteiger partial charge in [0.05, 0.1) is 0 Å². The monoisotopic (exact) mass is 412 g/mol. The first kappa shape index (κ1) is 21.2. The molecule has 0 radical (unpaired) electrons. The van der Waals surface area contributed by atoms with Crippen molar-refractivity contribution in [2.24, 2.45) is 11.8 Å². The summed E-state index contributed by atoms with van der Waals surface area (Å²) in [5.41, 5.74) is 5.41. The van der Waals surface area contributed by atoms with Crippen molar-refractivity contribution in [3.63, 3.8) is 0 Å². The molecule has 2 aliphatic rings. The molecule has 0 N–H and O–H groups in total. The highest BCUT2D eigenvalue weighted by molar-refractivity contribution is 6.17. The minimum Gasteiger partial charge on any atom is -0.300 e. The lowest BCUT2D eigenvalue weighted by atomic mass is 9.82. The summed E-state index contributed by atoms with van der Waals surface area (Å²) in [6.45, 7) is 4.18. The highest BCUT2D eigenvalue weighted by atomic mass is 16.1. The molecule has 2 aromatic carbocycles. The predicted octanol–water partition coefficient (Wildman–Crippen LogP) is 6.34. The summed E-state index contributed by atoms with van der Waals surface area (Å²) in [4.78, 5) is 38.0. The molecule has 2 aliphatic carbocycles. The van der Waals surface area contributed by atoms with Crippen LogP contribution in [-0.4, -0.2) is 17.3 Å². The van der Waals surface area contributed by atoms with Crippen LogP contribution >= 0.6 is 0 Å². The van der Waals surface area contributed by atoms with Gasteiger partial charge in [-0.1, -0.05) is 68.8 Å². The molecule has 2 atom stereocenters. The molecule has 31 heavy (non-hydrogen) atoms. The molecule has 3 nitrogen and oxygen atoms in total. The number of hydrogen-bond donors (Lipinski definition) is 0. The van der Waals surface area contributed by atoms with Gasteiger partial charge in [-0.25, -0.2) is 0 Å². The normalized spacial score (nSPS) is 16.5. The third-order valence-electron chi connectivity index (χ3n) is 6.54. The molecule has 0 aromatic heterocycles. The van der Waals surface area contributed by atoms with E-state index in [-0.39, 0.29) is 29.2 Å². The first-order valence-electron chi connectivity index (χ1n) is 11.3. The summed E-state index contributed by atoms with van der Waals surface area (Å²) in [5, 5.41) is 0. The van der Waals surface area contributed by atoms with Crippen LogP contribution in [0.25, 0.3) is 11.1 Å². The van der Waals surface area contributed by atoms with Gasteiger partial charge in [0.1, 0.15) is 5.78 Å². The largest absolute Gasteiger partial charge is 0.300 e. The molecule has 0 bridgehead atoms. The summed E-state index contributed by atoms with van der Waals surface area (Å²) in [7, 11) is 0. The molecular weight excluding hydrogens is 384 g/mol. The molecule has 0 spiro atoms. The van der Waals surface area contributed by atoms with E-state index in [2.05, 4.69) is 13.8 Å². The molecule has 4 rings (SSSR count). The standard InChI is InChI=1S/C28H28O3/c1-3-9-19(26-17-28(31)24-13-8-6-11-22(24)26)15-20(29)14-18(4-2)25-16-27(30)23-12-7-5-10-21(23)25/h5-8,10-13,16-19H,3-4,9,14-15H2,1-2H3. The summed E-state index contributed by atoms with van der Waals surface area (Å²) in [6, 6.07) is 15.3.